The lowest BCUT2D eigenvalue weighted by Gasteiger charge is -2.37. The van der Waals surface area contributed by atoms with E-state index in [1.165, 1.54) is 0 Å². The topological polar surface area (TPSA) is 76.0 Å². The van der Waals surface area contributed by atoms with Crippen molar-refractivity contribution in [3.63, 3.8) is 0 Å². The van der Waals surface area contributed by atoms with Gasteiger partial charge in [0.1, 0.15) is 23.0 Å². The number of esters is 1. The van der Waals surface area contributed by atoms with Crippen molar-refractivity contribution in [2.24, 2.45) is 0 Å². The highest BCUT2D eigenvalue weighted by Crippen LogP contribution is 2.58. The molecule has 0 aromatic heterocycles. The van der Waals surface area contributed by atoms with Crippen molar-refractivity contribution < 1.29 is 24.5 Å². The molecule has 0 radical (unpaired) electrons. The van der Waals surface area contributed by atoms with E-state index in [4.69, 9.17) is 9.47 Å². The van der Waals surface area contributed by atoms with Gasteiger partial charge in [0.15, 0.2) is 5.60 Å². The molecule has 5 nitrogen and oxygen atoms in total. The zero-order chi connectivity index (χ0) is 22.9. The van der Waals surface area contributed by atoms with Gasteiger partial charge in [-0.05, 0) is 44.2 Å². The lowest BCUT2D eigenvalue weighted by atomic mass is 9.76. The van der Waals surface area contributed by atoms with E-state index in [1.807, 2.05) is 39.8 Å². The smallest absolute Gasteiger partial charge is 0.340 e. The molecule has 3 aromatic rings. The number of rotatable bonds is 0. The number of phenols is 2. The van der Waals surface area contributed by atoms with Crippen molar-refractivity contribution in [1.82, 2.24) is 0 Å². The second-order valence-corrected chi connectivity index (χ2v) is 6.89. The summed E-state index contributed by atoms with van der Waals surface area (Å²) in [4.78, 5) is 12.7. The third kappa shape index (κ3) is 3.03. The molecule has 1 spiro atoms. The highest BCUT2D eigenvalue weighted by atomic mass is 16.6. The normalized spacial score (nSPS) is 13.9. The summed E-state index contributed by atoms with van der Waals surface area (Å²) >= 11 is 0. The molecule has 2 aliphatic rings. The quantitative estimate of drug-likeness (QED) is 0.415. The molecule has 3 aromatic carbocycles. The van der Waals surface area contributed by atoms with Gasteiger partial charge in [0.25, 0.3) is 0 Å². The van der Waals surface area contributed by atoms with Gasteiger partial charge in [-0.1, -0.05) is 45.9 Å². The minimum Gasteiger partial charge on any atom is -0.508 e. The maximum absolute atomic E-state index is 12.7. The minimum atomic E-state index is -1.19. The summed E-state index contributed by atoms with van der Waals surface area (Å²) in [6.45, 7) is 11.5. The van der Waals surface area contributed by atoms with Crippen LogP contribution in [0.1, 0.15) is 65.9 Å². The molecule has 0 atom stereocenters. The summed E-state index contributed by atoms with van der Waals surface area (Å²) < 4.78 is 12.1. The van der Waals surface area contributed by atoms with E-state index in [9.17, 15) is 15.0 Å². The molecule has 5 rings (SSSR count). The Morgan fingerprint density at radius 3 is 1.71 bits per heavy atom. The molecule has 0 amide bonds. The fourth-order valence-electron chi connectivity index (χ4n) is 4.04. The molecule has 0 bridgehead atoms. The molecule has 31 heavy (non-hydrogen) atoms. The summed E-state index contributed by atoms with van der Waals surface area (Å²) in [5.74, 6) is 0.618. The molecule has 0 fully saturated rings. The van der Waals surface area contributed by atoms with Gasteiger partial charge in [-0.15, -0.1) is 0 Å². The van der Waals surface area contributed by atoms with Gasteiger partial charge in [-0.3, -0.25) is 0 Å². The van der Waals surface area contributed by atoms with E-state index in [0.717, 1.165) is 5.56 Å². The van der Waals surface area contributed by atoms with Crippen molar-refractivity contribution in [1.29, 1.82) is 0 Å². The van der Waals surface area contributed by atoms with Crippen LogP contribution in [0.15, 0.2) is 48.5 Å². The zero-order valence-electron chi connectivity index (χ0n) is 18.7. The van der Waals surface area contributed by atoms with Gasteiger partial charge in [0.05, 0.1) is 5.56 Å². The Morgan fingerprint density at radius 2 is 1.19 bits per heavy atom. The van der Waals surface area contributed by atoms with Crippen molar-refractivity contribution >= 4 is 5.97 Å². The number of phenolic OH excluding ortho intramolecular Hbond substituents is 2. The summed E-state index contributed by atoms with van der Waals surface area (Å²) in [5, 5.41) is 20.4. The number of hydrogen-bond donors (Lipinski definition) is 2. The van der Waals surface area contributed by atoms with Gasteiger partial charge in [-0.25, -0.2) is 4.79 Å². The third-order valence-electron chi connectivity index (χ3n) is 5.49. The average Bonchev–Trinajstić information content (AvgIpc) is 3.10. The Bertz CT molecular complexity index is 1090. The zero-order valence-corrected chi connectivity index (χ0v) is 18.7. The van der Waals surface area contributed by atoms with Gasteiger partial charge in [0.2, 0.25) is 0 Å². The Morgan fingerprint density at radius 1 is 0.710 bits per heavy atom. The number of carbonyl (C=O) groups excluding carboxylic acids is 1. The van der Waals surface area contributed by atoms with E-state index < -0.39 is 11.6 Å². The molecular formula is C26H28O5. The lowest BCUT2D eigenvalue weighted by molar-refractivity contribution is 0.0223. The largest absolute Gasteiger partial charge is 0.508 e. The van der Waals surface area contributed by atoms with E-state index in [0.29, 0.717) is 39.3 Å². The van der Waals surface area contributed by atoms with Crippen LogP contribution < -0.4 is 4.74 Å². The van der Waals surface area contributed by atoms with Crippen LogP contribution in [0.2, 0.25) is 0 Å². The molecule has 2 heterocycles. The first-order chi connectivity index (χ1) is 14.9. The summed E-state index contributed by atoms with van der Waals surface area (Å²) in [6, 6.07) is 13.8. The number of carbonyl (C=O) groups is 1. The lowest BCUT2D eigenvalue weighted by Crippen LogP contribution is -2.33. The number of ether oxygens (including phenoxy) is 2. The Hall–Kier alpha value is -3.47. The number of hydrogen-bond acceptors (Lipinski definition) is 5. The second kappa shape index (κ2) is 8.34. The number of benzene rings is 3. The van der Waals surface area contributed by atoms with Crippen LogP contribution in [0.3, 0.4) is 0 Å². The van der Waals surface area contributed by atoms with Crippen LogP contribution in [0, 0.1) is 13.8 Å². The maximum atomic E-state index is 12.7. The average molecular weight is 421 g/mol. The van der Waals surface area contributed by atoms with E-state index in [-0.39, 0.29) is 11.5 Å². The first kappa shape index (κ1) is 22.2. The van der Waals surface area contributed by atoms with Crippen LogP contribution in [0.4, 0.5) is 0 Å². The van der Waals surface area contributed by atoms with Gasteiger partial charge in [0, 0.05) is 27.8 Å². The van der Waals surface area contributed by atoms with E-state index >= 15 is 0 Å². The Labute approximate surface area is 182 Å². The van der Waals surface area contributed by atoms with E-state index in [2.05, 4.69) is 0 Å². The predicted octanol–water partition coefficient (Wildman–Crippen LogP) is 6.34. The summed E-state index contributed by atoms with van der Waals surface area (Å²) in [7, 11) is 0. The first-order valence-corrected chi connectivity index (χ1v) is 10.6. The molecule has 2 N–H and O–H groups in total. The summed E-state index contributed by atoms with van der Waals surface area (Å²) in [5.41, 5.74) is 2.40. The highest BCUT2D eigenvalue weighted by molar-refractivity contribution is 5.97. The molecule has 5 heteroatoms. The van der Waals surface area contributed by atoms with Crippen LogP contribution in [0.5, 0.6) is 23.0 Å². The molecule has 2 aliphatic heterocycles. The standard InChI is InChI=1S/C22H16O5.2C2H6/c1-11-17(23)9-7-15-19(11)26-20-12(2)18(24)10-8-16(20)22(15)14-6-4-3-5-13(14)21(25)27-22;2*1-2/h3-10,23-24H,1-2H3;2*1-2H3. The first-order valence-electron chi connectivity index (χ1n) is 10.6. The number of fused-ring (bicyclic) bond motifs is 6. The molecule has 0 saturated carbocycles. The predicted molar refractivity (Wildman–Crippen MR) is 120 cm³/mol. The van der Waals surface area contributed by atoms with Crippen LogP contribution in [-0.4, -0.2) is 16.2 Å². The van der Waals surface area contributed by atoms with Crippen LogP contribution >= 0.6 is 0 Å². The minimum absolute atomic E-state index is 0.0859. The second-order valence-electron chi connectivity index (χ2n) is 6.89. The van der Waals surface area contributed by atoms with Crippen molar-refractivity contribution in [3.05, 3.63) is 81.9 Å². The van der Waals surface area contributed by atoms with Gasteiger partial charge in [-0.2, -0.15) is 0 Å². The maximum Gasteiger partial charge on any atom is 0.340 e. The highest BCUT2D eigenvalue weighted by Gasteiger charge is 2.54. The van der Waals surface area contributed by atoms with Crippen molar-refractivity contribution in [3.8, 4) is 23.0 Å². The Kier molecular flexibility index (Phi) is 5.98. The molecule has 0 unspecified atom stereocenters. The van der Waals surface area contributed by atoms with Crippen LogP contribution in [0.25, 0.3) is 0 Å². The van der Waals surface area contributed by atoms with Crippen molar-refractivity contribution in [2.75, 3.05) is 0 Å². The van der Waals surface area contributed by atoms with Crippen LogP contribution in [-0.2, 0) is 10.3 Å². The third-order valence-corrected chi connectivity index (χ3v) is 5.49. The fourth-order valence-corrected chi connectivity index (χ4v) is 4.04. The van der Waals surface area contributed by atoms with E-state index in [1.54, 1.807) is 50.2 Å². The molecule has 0 aliphatic carbocycles. The van der Waals surface area contributed by atoms with Crippen molar-refractivity contribution in [2.45, 2.75) is 47.1 Å². The molecule has 0 saturated heterocycles. The number of aromatic hydroxyl groups is 2. The molecular weight excluding hydrogens is 392 g/mol. The fraction of sp³-hybridized carbons (Fsp3) is 0.269. The Balaban J connectivity index is 0.000000645. The van der Waals surface area contributed by atoms with Gasteiger partial charge >= 0.3 is 5.97 Å². The monoisotopic (exact) mass is 420 g/mol. The van der Waals surface area contributed by atoms with Gasteiger partial charge < -0.3 is 19.7 Å². The SMILES string of the molecule is CC.CC.Cc1c(O)ccc2c1Oc1c(ccc(O)c1C)C21OC(=O)c2ccccc21. The molecule has 162 valence electrons. The summed E-state index contributed by atoms with van der Waals surface area (Å²) in [6.07, 6.45) is 0.